The van der Waals surface area contributed by atoms with Crippen LogP contribution in [0.3, 0.4) is 0 Å². The first-order valence-corrected chi connectivity index (χ1v) is 3.84. The highest BCUT2D eigenvalue weighted by atomic mass is 35.5. The molecular formula is C6H13ClN2. The van der Waals surface area contributed by atoms with Crippen LogP contribution < -0.4 is 5.84 Å². The van der Waals surface area contributed by atoms with Crippen molar-refractivity contribution in [1.29, 1.82) is 0 Å². The van der Waals surface area contributed by atoms with Crippen LogP contribution in [-0.4, -0.2) is 10.6 Å². The molecule has 0 heterocycles. The molecule has 0 aliphatic heterocycles. The van der Waals surface area contributed by atoms with E-state index in [9.17, 15) is 0 Å². The molecule has 0 saturated heterocycles. The molecule has 1 fully saturated rings. The summed E-state index contributed by atoms with van der Waals surface area (Å²) in [7, 11) is 0. The van der Waals surface area contributed by atoms with E-state index >= 15 is 0 Å². The van der Waals surface area contributed by atoms with Crippen LogP contribution in [0.25, 0.3) is 0 Å². The number of hydrazine groups is 1. The molecule has 0 bridgehead atoms. The Bertz CT molecular complexity index is 79.1. The maximum Gasteiger partial charge on any atom is 0.0405 e. The van der Waals surface area contributed by atoms with Crippen molar-refractivity contribution in [2.24, 2.45) is 5.84 Å². The Morgan fingerprint density at radius 3 is 2.11 bits per heavy atom. The molecule has 0 unspecified atom stereocenters. The van der Waals surface area contributed by atoms with E-state index < -0.39 is 0 Å². The van der Waals surface area contributed by atoms with Crippen molar-refractivity contribution in [1.82, 2.24) is 4.53 Å². The molecule has 0 spiro atoms. The molecule has 3 heteroatoms. The van der Waals surface area contributed by atoms with Gasteiger partial charge in [0.1, 0.15) is 0 Å². The van der Waals surface area contributed by atoms with Crippen molar-refractivity contribution in [3.8, 4) is 0 Å². The summed E-state index contributed by atoms with van der Waals surface area (Å²) in [6, 6.07) is 0.431. The summed E-state index contributed by atoms with van der Waals surface area (Å²) in [5.41, 5.74) is 0. The predicted octanol–water partition coefficient (Wildman–Crippen LogP) is 1.65. The molecule has 1 rings (SSSR count). The SMILES string of the molecule is NN(Cl)C1CCCCC1. The predicted molar refractivity (Wildman–Crippen MR) is 38.8 cm³/mol. The lowest BCUT2D eigenvalue weighted by Crippen LogP contribution is -2.34. The second-order valence-electron chi connectivity index (χ2n) is 2.64. The van der Waals surface area contributed by atoms with Crippen LogP contribution in [0.4, 0.5) is 0 Å². The van der Waals surface area contributed by atoms with Gasteiger partial charge in [-0.3, -0.25) is 5.84 Å². The smallest absolute Gasteiger partial charge is 0.0405 e. The molecule has 2 nitrogen and oxygen atoms in total. The second-order valence-corrected chi connectivity index (χ2v) is 3.03. The molecule has 0 aromatic carbocycles. The zero-order valence-electron chi connectivity index (χ0n) is 5.52. The summed E-state index contributed by atoms with van der Waals surface area (Å²) in [6.07, 6.45) is 6.25. The van der Waals surface area contributed by atoms with Crippen LogP contribution in [0.5, 0.6) is 0 Å². The topological polar surface area (TPSA) is 29.3 Å². The fourth-order valence-corrected chi connectivity index (χ4v) is 1.52. The van der Waals surface area contributed by atoms with Crippen molar-refractivity contribution >= 4 is 11.8 Å². The van der Waals surface area contributed by atoms with Gasteiger partial charge in [0.25, 0.3) is 0 Å². The van der Waals surface area contributed by atoms with Gasteiger partial charge in [0.2, 0.25) is 0 Å². The van der Waals surface area contributed by atoms with E-state index in [1.807, 2.05) is 0 Å². The third-order valence-corrected chi connectivity index (χ3v) is 2.20. The molecule has 0 radical (unpaired) electrons. The molecule has 0 aromatic heterocycles. The summed E-state index contributed by atoms with van der Waals surface area (Å²) in [4.78, 5) is 0. The quantitative estimate of drug-likeness (QED) is 0.348. The summed E-state index contributed by atoms with van der Waals surface area (Å²) >= 11 is 5.57. The Kier molecular flexibility index (Phi) is 2.76. The van der Waals surface area contributed by atoms with Gasteiger partial charge in [-0.1, -0.05) is 19.3 Å². The molecular weight excluding hydrogens is 136 g/mol. The van der Waals surface area contributed by atoms with Crippen molar-refractivity contribution in [3.63, 3.8) is 0 Å². The van der Waals surface area contributed by atoms with Crippen LogP contribution in [0.15, 0.2) is 0 Å². The molecule has 1 saturated carbocycles. The van der Waals surface area contributed by atoms with Crippen LogP contribution >= 0.6 is 11.8 Å². The average Bonchev–Trinajstić information content (AvgIpc) is 1.90. The third-order valence-electron chi connectivity index (χ3n) is 1.92. The van der Waals surface area contributed by atoms with Gasteiger partial charge in [-0.05, 0) is 24.6 Å². The highest BCUT2D eigenvalue weighted by Crippen LogP contribution is 2.21. The van der Waals surface area contributed by atoms with Gasteiger partial charge >= 0.3 is 0 Å². The van der Waals surface area contributed by atoms with Crippen LogP contribution in [-0.2, 0) is 0 Å². The number of halogens is 1. The van der Waals surface area contributed by atoms with Gasteiger partial charge in [-0.15, -0.1) is 0 Å². The Balaban J connectivity index is 2.23. The molecule has 2 N–H and O–H groups in total. The lowest BCUT2D eigenvalue weighted by Gasteiger charge is -2.24. The first kappa shape index (κ1) is 7.32. The number of rotatable bonds is 1. The lowest BCUT2D eigenvalue weighted by molar-refractivity contribution is 0.268. The van der Waals surface area contributed by atoms with E-state index in [-0.39, 0.29) is 0 Å². The second kappa shape index (κ2) is 3.40. The zero-order valence-corrected chi connectivity index (χ0v) is 6.27. The van der Waals surface area contributed by atoms with Gasteiger partial charge in [-0.25, -0.2) is 0 Å². The van der Waals surface area contributed by atoms with Crippen molar-refractivity contribution in [2.45, 2.75) is 38.1 Å². The molecule has 0 amide bonds. The van der Waals surface area contributed by atoms with E-state index in [2.05, 4.69) is 0 Å². The van der Waals surface area contributed by atoms with Gasteiger partial charge < -0.3 is 0 Å². The largest absolute Gasteiger partial charge is 0.254 e. The Morgan fingerprint density at radius 1 is 1.22 bits per heavy atom. The Hall–Kier alpha value is 0.210. The number of nitrogens with zero attached hydrogens (tertiary/aromatic N) is 1. The van der Waals surface area contributed by atoms with Crippen LogP contribution in [0.1, 0.15) is 32.1 Å². The van der Waals surface area contributed by atoms with E-state index in [0.717, 1.165) is 0 Å². The molecule has 0 atom stereocenters. The highest BCUT2D eigenvalue weighted by molar-refractivity contribution is 6.13. The molecule has 1 aliphatic carbocycles. The van der Waals surface area contributed by atoms with E-state index in [0.29, 0.717) is 6.04 Å². The van der Waals surface area contributed by atoms with E-state index in [1.165, 1.54) is 36.6 Å². The van der Waals surface area contributed by atoms with Crippen LogP contribution in [0, 0.1) is 0 Å². The minimum absolute atomic E-state index is 0.431. The molecule has 54 valence electrons. The normalized spacial score (nSPS) is 23.0. The van der Waals surface area contributed by atoms with Crippen LogP contribution in [0.2, 0.25) is 0 Å². The number of nitrogens with two attached hydrogens (primary N) is 1. The van der Waals surface area contributed by atoms with E-state index in [1.54, 1.807) is 0 Å². The fraction of sp³-hybridized carbons (Fsp3) is 1.00. The molecule has 1 aliphatic rings. The van der Waals surface area contributed by atoms with Crippen molar-refractivity contribution in [2.75, 3.05) is 0 Å². The zero-order chi connectivity index (χ0) is 6.69. The first-order valence-electron chi connectivity index (χ1n) is 3.50. The maximum absolute atomic E-state index is 5.57. The third kappa shape index (κ3) is 2.12. The highest BCUT2D eigenvalue weighted by Gasteiger charge is 2.16. The monoisotopic (exact) mass is 148 g/mol. The minimum Gasteiger partial charge on any atom is -0.254 e. The van der Waals surface area contributed by atoms with Gasteiger partial charge in [0.15, 0.2) is 0 Å². The molecule has 0 aromatic rings. The van der Waals surface area contributed by atoms with Gasteiger partial charge in [-0.2, -0.15) is 4.53 Å². The summed E-state index contributed by atoms with van der Waals surface area (Å²) in [5, 5.41) is 0. The fourth-order valence-electron chi connectivity index (χ4n) is 1.33. The summed E-state index contributed by atoms with van der Waals surface area (Å²) in [5.74, 6) is 5.37. The molecule has 9 heavy (non-hydrogen) atoms. The summed E-state index contributed by atoms with van der Waals surface area (Å²) < 4.78 is 1.33. The lowest BCUT2D eigenvalue weighted by atomic mass is 9.96. The van der Waals surface area contributed by atoms with E-state index in [4.69, 9.17) is 17.6 Å². The maximum atomic E-state index is 5.57. The van der Waals surface area contributed by atoms with Gasteiger partial charge in [0, 0.05) is 6.04 Å². The van der Waals surface area contributed by atoms with Gasteiger partial charge in [0.05, 0.1) is 0 Å². The van der Waals surface area contributed by atoms with Crippen molar-refractivity contribution < 1.29 is 0 Å². The Labute approximate surface area is 61.0 Å². The first-order chi connectivity index (χ1) is 4.30. The number of hydrogen-bond acceptors (Lipinski definition) is 2. The average molecular weight is 149 g/mol. The standard InChI is InChI=1S/C6H13ClN2/c7-9(8)6-4-2-1-3-5-6/h6H,1-5,8H2. The van der Waals surface area contributed by atoms with Crippen molar-refractivity contribution in [3.05, 3.63) is 0 Å². The minimum atomic E-state index is 0.431. The number of hydrogen-bond donors (Lipinski definition) is 1. The summed E-state index contributed by atoms with van der Waals surface area (Å²) in [6.45, 7) is 0. The Morgan fingerprint density at radius 2 is 1.78 bits per heavy atom.